The summed E-state index contributed by atoms with van der Waals surface area (Å²) < 4.78 is 5.73. The lowest BCUT2D eigenvalue weighted by Gasteiger charge is -2.06. The van der Waals surface area contributed by atoms with Crippen molar-refractivity contribution in [2.75, 3.05) is 0 Å². The fraction of sp³-hybridized carbons (Fsp3) is 0.0476. The van der Waals surface area contributed by atoms with Crippen molar-refractivity contribution in [1.29, 1.82) is 0 Å². The van der Waals surface area contributed by atoms with Gasteiger partial charge in [-0.3, -0.25) is 4.79 Å². The number of carbonyl (C=O) groups excluding carboxylic acids is 1. The van der Waals surface area contributed by atoms with Crippen molar-refractivity contribution in [3.8, 4) is 5.75 Å². The molecular formula is C21H16Cl2N2O2. The van der Waals surface area contributed by atoms with Gasteiger partial charge in [-0.25, -0.2) is 5.43 Å². The lowest BCUT2D eigenvalue weighted by atomic mass is 10.2. The predicted octanol–water partition coefficient (Wildman–Crippen LogP) is 5.34. The second-order valence-electron chi connectivity index (χ2n) is 5.69. The van der Waals surface area contributed by atoms with Crippen molar-refractivity contribution < 1.29 is 9.53 Å². The third-order valence-corrected chi connectivity index (χ3v) is 4.19. The minimum absolute atomic E-state index is 0.300. The predicted molar refractivity (Wildman–Crippen MR) is 109 cm³/mol. The van der Waals surface area contributed by atoms with E-state index in [0.717, 1.165) is 16.9 Å². The summed E-state index contributed by atoms with van der Waals surface area (Å²) in [4.78, 5) is 11.9. The summed E-state index contributed by atoms with van der Waals surface area (Å²) in [5.74, 6) is 0.443. The molecule has 0 aliphatic carbocycles. The maximum Gasteiger partial charge on any atom is 0.271 e. The van der Waals surface area contributed by atoms with Crippen LogP contribution in [0.2, 0.25) is 10.0 Å². The SMILES string of the molecule is O=C(NN=Cc1ccc(OCc2ccc(Cl)cc2)cc1)c1ccc(Cl)cc1. The van der Waals surface area contributed by atoms with E-state index in [2.05, 4.69) is 10.5 Å². The van der Waals surface area contributed by atoms with E-state index in [1.807, 2.05) is 48.5 Å². The van der Waals surface area contributed by atoms with E-state index in [9.17, 15) is 4.79 Å². The van der Waals surface area contributed by atoms with Crippen LogP contribution in [0, 0.1) is 0 Å². The number of rotatable bonds is 6. The van der Waals surface area contributed by atoms with Gasteiger partial charge in [-0.2, -0.15) is 5.10 Å². The molecule has 3 rings (SSSR count). The molecule has 27 heavy (non-hydrogen) atoms. The van der Waals surface area contributed by atoms with Crippen LogP contribution in [0.3, 0.4) is 0 Å². The Morgan fingerprint density at radius 1 is 0.889 bits per heavy atom. The summed E-state index contributed by atoms with van der Waals surface area (Å²) in [6, 6.07) is 21.5. The van der Waals surface area contributed by atoms with Crippen LogP contribution in [0.1, 0.15) is 21.5 Å². The molecule has 3 aromatic carbocycles. The molecule has 0 bridgehead atoms. The zero-order valence-electron chi connectivity index (χ0n) is 14.2. The Hall–Kier alpha value is -2.82. The zero-order chi connectivity index (χ0) is 19.1. The van der Waals surface area contributed by atoms with Crippen molar-refractivity contribution in [3.05, 3.63) is 99.5 Å². The fourth-order valence-corrected chi connectivity index (χ4v) is 2.48. The van der Waals surface area contributed by atoms with Crippen LogP contribution in [-0.4, -0.2) is 12.1 Å². The maximum absolute atomic E-state index is 11.9. The Kier molecular flexibility index (Phi) is 6.47. The van der Waals surface area contributed by atoms with Crippen LogP contribution >= 0.6 is 23.2 Å². The normalized spacial score (nSPS) is 10.7. The number of nitrogens with zero attached hydrogens (tertiary/aromatic N) is 1. The van der Waals surface area contributed by atoms with Gasteiger partial charge in [0.25, 0.3) is 5.91 Å². The van der Waals surface area contributed by atoms with Gasteiger partial charge in [0.2, 0.25) is 0 Å². The van der Waals surface area contributed by atoms with Crippen molar-refractivity contribution in [2.24, 2.45) is 5.10 Å². The molecule has 0 aromatic heterocycles. The molecule has 0 fully saturated rings. The number of carbonyl (C=O) groups is 1. The van der Waals surface area contributed by atoms with Crippen LogP contribution in [0.4, 0.5) is 0 Å². The van der Waals surface area contributed by atoms with E-state index in [-0.39, 0.29) is 5.91 Å². The zero-order valence-corrected chi connectivity index (χ0v) is 15.7. The molecular weight excluding hydrogens is 383 g/mol. The molecule has 0 saturated heterocycles. The Balaban J connectivity index is 1.50. The molecule has 1 N–H and O–H groups in total. The molecule has 3 aromatic rings. The lowest BCUT2D eigenvalue weighted by molar-refractivity contribution is 0.0955. The Morgan fingerprint density at radius 2 is 1.48 bits per heavy atom. The van der Waals surface area contributed by atoms with Crippen molar-refractivity contribution in [3.63, 3.8) is 0 Å². The molecule has 6 heteroatoms. The molecule has 0 spiro atoms. The molecule has 0 saturated carbocycles. The molecule has 4 nitrogen and oxygen atoms in total. The van der Waals surface area contributed by atoms with Gasteiger partial charge in [-0.1, -0.05) is 35.3 Å². The summed E-state index contributed by atoms with van der Waals surface area (Å²) >= 11 is 11.7. The van der Waals surface area contributed by atoms with Gasteiger partial charge < -0.3 is 4.74 Å². The van der Waals surface area contributed by atoms with Crippen LogP contribution < -0.4 is 10.2 Å². The van der Waals surface area contributed by atoms with E-state index in [4.69, 9.17) is 27.9 Å². The lowest BCUT2D eigenvalue weighted by Crippen LogP contribution is -2.17. The van der Waals surface area contributed by atoms with Gasteiger partial charge in [0.05, 0.1) is 6.21 Å². The summed E-state index contributed by atoms with van der Waals surface area (Å²) in [6.07, 6.45) is 1.57. The second kappa shape index (κ2) is 9.21. The Morgan fingerprint density at radius 3 is 2.11 bits per heavy atom. The van der Waals surface area contributed by atoms with Crippen LogP contribution in [0.15, 0.2) is 77.9 Å². The van der Waals surface area contributed by atoms with Gasteiger partial charge in [-0.15, -0.1) is 0 Å². The average molecular weight is 399 g/mol. The van der Waals surface area contributed by atoms with E-state index in [1.54, 1.807) is 30.5 Å². The molecule has 136 valence electrons. The summed E-state index contributed by atoms with van der Waals surface area (Å²) in [5.41, 5.74) is 4.84. The van der Waals surface area contributed by atoms with E-state index in [1.165, 1.54) is 0 Å². The minimum atomic E-state index is -0.300. The van der Waals surface area contributed by atoms with E-state index >= 15 is 0 Å². The first kappa shape index (κ1) is 19.0. The van der Waals surface area contributed by atoms with Gasteiger partial charge in [0, 0.05) is 15.6 Å². The first-order valence-electron chi connectivity index (χ1n) is 8.16. The Labute approximate surface area is 167 Å². The highest BCUT2D eigenvalue weighted by Crippen LogP contribution is 2.15. The second-order valence-corrected chi connectivity index (χ2v) is 6.56. The average Bonchev–Trinajstić information content (AvgIpc) is 2.69. The number of benzene rings is 3. The maximum atomic E-state index is 11.9. The highest BCUT2D eigenvalue weighted by molar-refractivity contribution is 6.30. The molecule has 0 radical (unpaired) electrons. The van der Waals surface area contributed by atoms with Gasteiger partial charge in [0.1, 0.15) is 12.4 Å². The molecule has 0 aliphatic heterocycles. The van der Waals surface area contributed by atoms with Gasteiger partial charge >= 0.3 is 0 Å². The van der Waals surface area contributed by atoms with Crippen molar-refractivity contribution >= 4 is 35.3 Å². The number of amides is 1. The number of hydrogen-bond donors (Lipinski definition) is 1. The number of nitrogens with one attached hydrogen (secondary N) is 1. The standard InChI is InChI=1S/C21H16Cl2N2O2/c22-18-7-1-16(2-8-18)14-27-20-11-3-15(4-12-20)13-24-25-21(26)17-5-9-19(23)10-6-17/h1-13H,14H2,(H,25,26). The van der Waals surface area contributed by atoms with Crippen molar-refractivity contribution in [2.45, 2.75) is 6.61 Å². The smallest absolute Gasteiger partial charge is 0.271 e. The quantitative estimate of drug-likeness (QED) is 0.450. The molecule has 0 aliphatic rings. The van der Waals surface area contributed by atoms with E-state index < -0.39 is 0 Å². The number of ether oxygens (including phenoxy) is 1. The van der Waals surface area contributed by atoms with Crippen LogP contribution in [0.25, 0.3) is 0 Å². The summed E-state index contributed by atoms with van der Waals surface area (Å²) in [6.45, 7) is 0.460. The third kappa shape index (κ3) is 5.84. The van der Waals surface area contributed by atoms with Crippen LogP contribution in [-0.2, 0) is 6.61 Å². The highest BCUT2D eigenvalue weighted by atomic mass is 35.5. The highest BCUT2D eigenvalue weighted by Gasteiger charge is 2.03. The number of hydrogen-bond acceptors (Lipinski definition) is 3. The van der Waals surface area contributed by atoms with Gasteiger partial charge in [-0.05, 0) is 71.8 Å². The summed E-state index contributed by atoms with van der Waals surface area (Å²) in [7, 11) is 0. The first-order valence-corrected chi connectivity index (χ1v) is 8.92. The molecule has 0 atom stereocenters. The number of hydrazone groups is 1. The van der Waals surface area contributed by atoms with Crippen LogP contribution in [0.5, 0.6) is 5.75 Å². The first-order chi connectivity index (χ1) is 13.1. The van der Waals surface area contributed by atoms with E-state index in [0.29, 0.717) is 22.2 Å². The topological polar surface area (TPSA) is 50.7 Å². The number of halogens is 2. The minimum Gasteiger partial charge on any atom is -0.489 e. The molecule has 0 heterocycles. The largest absolute Gasteiger partial charge is 0.489 e. The molecule has 1 amide bonds. The Bertz CT molecular complexity index is 922. The summed E-state index contributed by atoms with van der Waals surface area (Å²) in [5, 5.41) is 5.24. The third-order valence-electron chi connectivity index (χ3n) is 3.68. The monoisotopic (exact) mass is 398 g/mol. The van der Waals surface area contributed by atoms with Gasteiger partial charge in [0.15, 0.2) is 0 Å². The molecule has 0 unspecified atom stereocenters. The fourth-order valence-electron chi connectivity index (χ4n) is 2.23. The van der Waals surface area contributed by atoms with Crippen molar-refractivity contribution in [1.82, 2.24) is 5.43 Å².